The van der Waals surface area contributed by atoms with E-state index in [0.29, 0.717) is 0 Å². The summed E-state index contributed by atoms with van der Waals surface area (Å²) in [6.07, 6.45) is 4.49. The molecule has 2 unspecified atom stereocenters. The molecular formula is C21H26N2O2S. The number of aliphatic hydroxyl groups excluding tert-OH is 1. The molecule has 1 aromatic carbocycles. The second-order valence-electron chi connectivity index (χ2n) is 7.33. The zero-order chi connectivity index (χ0) is 17.9. The number of thiophene rings is 1. The zero-order valence-corrected chi connectivity index (χ0v) is 15.8. The number of nitrogens with zero attached hydrogens (tertiary/aromatic N) is 1. The van der Waals surface area contributed by atoms with Gasteiger partial charge in [0, 0.05) is 18.0 Å². The first-order valence-electron chi connectivity index (χ1n) is 9.56. The standard InChI is InChI=1S/C21H26N2O2S/c24-16-9-12-23(13-10-16)20(15-5-2-1-3-6-15)21(25)22-18-7-4-8-19-17(18)11-14-26-19/h1-3,5-6,11,14,16,18,20,24H,4,7-10,12-13H2,(H,22,25). The normalized spacial score (nSPS) is 22.6. The highest BCUT2D eigenvalue weighted by atomic mass is 32.1. The van der Waals surface area contributed by atoms with Gasteiger partial charge in [0.2, 0.25) is 5.91 Å². The van der Waals surface area contributed by atoms with E-state index in [1.165, 1.54) is 10.4 Å². The third kappa shape index (κ3) is 3.70. The molecule has 1 aliphatic heterocycles. The number of rotatable bonds is 4. The van der Waals surface area contributed by atoms with E-state index in [9.17, 15) is 9.90 Å². The Labute approximate surface area is 158 Å². The summed E-state index contributed by atoms with van der Waals surface area (Å²) in [6, 6.07) is 12.0. The van der Waals surface area contributed by atoms with Crippen molar-refractivity contribution in [1.29, 1.82) is 0 Å². The Hall–Kier alpha value is -1.69. The molecule has 2 N–H and O–H groups in total. The Balaban J connectivity index is 1.55. The van der Waals surface area contributed by atoms with E-state index >= 15 is 0 Å². The lowest BCUT2D eigenvalue weighted by Gasteiger charge is -2.36. The summed E-state index contributed by atoms with van der Waals surface area (Å²) in [5.41, 5.74) is 2.33. The smallest absolute Gasteiger partial charge is 0.242 e. The van der Waals surface area contributed by atoms with E-state index < -0.39 is 0 Å². The Morgan fingerprint density at radius 3 is 2.69 bits per heavy atom. The van der Waals surface area contributed by atoms with Gasteiger partial charge in [0.1, 0.15) is 6.04 Å². The Morgan fingerprint density at radius 1 is 1.15 bits per heavy atom. The van der Waals surface area contributed by atoms with E-state index in [1.54, 1.807) is 11.3 Å². The quantitative estimate of drug-likeness (QED) is 0.867. The third-order valence-electron chi connectivity index (χ3n) is 5.60. The SMILES string of the molecule is O=C(NC1CCCc2sccc21)C(c1ccccc1)N1CCC(O)CC1. The summed E-state index contributed by atoms with van der Waals surface area (Å²) >= 11 is 1.80. The van der Waals surface area contributed by atoms with Gasteiger partial charge in [-0.3, -0.25) is 9.69 Å². The summed E-state index contributed by atoms with van der Waals surface area (Å²) in [6.45, 7) is 1.50. The fourth-order valence-corrected chi connectivity index (χ4v) is 5.18. The summed E-state index contributed by atoms with van der Waals surface area (Å²) < 4.78 is 0. The fourth-order valence-electron chi connectivity index (χ4n) is 4.19. The van der Waals surface area contributed by atoms with Crippen molar-refractivity contribution in [3.8, 4) is 0 Å². The van der Waals surface area contributed by atoms with Crippen molar-refractivity contribution >= 4 is 17.2 Å². The number of hydrogen-bond acceptors (Lipinski definition) is 4. The number of fused-ring (bicyclic) bond motifs is 1. The van der Waals surface area contributed by atoms with Gasteiger partial charge < -0.3 is 10.4 Å². The second kappa shape index (κ2) is 7.91. The van der Waals surface area contributed by atoms with Crippen molar-refractivity contribution in [3.63, 3.8) is 0 Å². The first-order chi connectivity index (χ1) is 12.7. The molecule has 4 rings (SSSR count). The number of carbonyl (C=O) groups excluding carboxylic acids is 1. The summed E-state index contributed by atoms with van der Waals surface area (Å²) in [5.74, 6) is 0.0802. The molecule has 4 nitrogen and oxygen atoms in total. The molecule has 1 amide bonds. The molecule has 1 aromatic heterocycles. The topological polar surface area (TPSA) is 52.6 Å². The number of aryl methyl sites for hydroxylation is 1. The average molecular weight is 371 g/mol. The van der Waals surface area contributed by atoms with Crippen LogP contribution in [-0.4, -0.2) is 35.1 Å². The highest BCUT2D eigenvalue weighted by Gasteiger charge is 2.32. The summed E-state index contributed by atoms with van der Waals surface area (Å²) in [5, 5.41) is 15.3. The van der Waals surface area contributed by atoms with Crippen LogP contribution in [0.4, 0.5) is 0 Å². The lowest BCUT2D eigenvalue weighted by molar-refractivity contribution is -0.128. The summed E-state index contributed by atoms with van der Waals surface area (Å²) in [4.78, 5) is 16.9. The molecular weight excluding hydrogens is 344 g/mol. The van der Waals surface area contributed by atoms with Crippen LogP contribution in [0, 0.1) is 0 Å². The minimum absolute atomic E-state index is 0.0802. The highest BCUT2D eigenvalue weighted by molar-refractivity contribution is 7.10. The van der Waals surface area contributed by atoms with Crippen LogP contribution in [0.2, 0.25) is 0 Å². The van der Waals surface area contributed by atoms with E-state index in [0.717, 1.165) is 50.8 Å². The van der Waals surface area contributed by atoms with Crippen LogP contribution in [-0.2, 0) is 11.2 Å². The number of carbonyl (C=O) groups is 1. The predicted octanol–water partition coefficient (Wildman–Crippen LogP) is 3.44. The Morgan fingerprint density at radius 2 is 1.92 bits per heavy atom. The molecule has 2 atom stereocenters. The number of aliphatic hydroxyl groups is 1. The molecule has 0 radical (unpaired) electrons. The number of piperidine rings is 1. The van der Waals surface area contributed by atoms with Gasteiger partial charge in [-0.2, -0.15) is 0 Å². The lowest BCUT2D eigenvalue weighted by Crippen LogP contribution is -2.46. The van der Waals surface area contributed by atoms with Gasteiger partial charge >= 0.3 is 0 Å². The monoisotopic (exact) mass is 370 g/mol. The van der Waals surface area contributed by atoms with Crippen molar-refractivity contribution in [1.82, 2.24) is 10.2 Å². The zero-order valence-electron chi connectivity index (χ0n) is 14.9. The van der Waals surface area contributed by atoms with Gasteiger partial charge in [0.05, 0.1) is 12.1 Å². The third-order valence-corrected chi connectivity index (χ3v) is 6.59. The average Bonchev–Trinajstić information content (AvgIpc) is 3.14. The molecule has 5 heteroatoms. The van der Waals surface area contributed by atoms with Gasteiger partial charge in [-0.05, 0) is 54.7 Å². The van der Waals surface area contributed by atoms with E-state index in [4.69, 9.17) is 0 Å². The molecule has 1 saturated heterocycles. The first-order valence-corrected chi connectivity index (χ1v) is 10.4. The molecule has 0 saturated carbocycles. The maximum atomic E-state index is 13.3. The molecule has 2 heterocycles. The van der Waals surface area contributed by atoms with Crippen molar-refractivity contribution in [3.05, 3.63) is 57.8 Å². The van der Waals surface area contributed by atoms with Gasteiger partial charge in [0.15, 0.2) is 0 Å². The van der Waals surface area contributed by atoms with E-state index in [1.807, 2.05) is 30.3 Å². The van der Waals surface area contributed by atoms with Crippen molar-refractivity contribution < 1.29 is 9.90 Å². The van der Waals surface area contributed by atoms with Gasteiger partial charge in [-0.1, -0.05) is 30.3 Å². The highest BCUT2D eigenvalue weighted by Crippen LogP contribution is 2.34. The van der Waals surface area contributed by atoms with Crippen molar-refractivity contribution in [2.24, 2.45) is 0 Å². The second-order valence-corrected chi connectivity index (χ2v) is 8.33. The van der Waals surface area contributed by atoms with Crippen LogP contribution in [0.3, 0.4) is 0 Å². The van der Waals surface area contributed by atoms with E-state index in [2.05, 4.69) is 21.7 Å². The number of likely N-dealkylation sites (tertiary alicyclic amines) is 1. The van der Waals surface area contributed by atoms with Crippen LogP contribution in [0.5, 0.6) is 0 Å². The molecule has 0 bridgehead atoms. The molecule has 0 spiro atoms. The van der Waals surface area contributed by atoms with Crippen LogP contribution in [0.25, 0.3) is 0 Å². The predicted molar refractivity (Wildman–Crippen MR) is 104 cm³/mol. The van der Waals surface area contributed by atoms with Crippen LogP contribution in [0.15, 0.2) is 41.8 Å². The Kier molecular flexibility index (Phi) is 5.38. The molecule has 138 valence electrons. The van der Waals surface area contributed by atoms with Crippen LogP contribution >= 0.6 is 11.3 Å². The first kappa shape index (κ1) is 17.7. The molecule has 1 aliphatic carbocycles. The van der Waals surface area contributed by atoms with E-state index in [-0.39, 0.29) is 24.1 Å². The number of nitrogens with one attached hydrogen (secondary N) is 1. The maximum Gasteiger partial charge on any atom is 0.242 e. The summed E-state index contributed by atoms with van der Waals surface area (Å²) in [7, 11) is 0. The minimum atomic E-state index is -0.285. The Bertz CT molecular complexity index is 737. The largest absolute Gasteiger partial charge is 0.393 e. The van der Waals surface area contributed by atoms with Gasteiger partial charge in [-0.25, -0.2) is 0 Å². The lowest BCUT2D eigenvalue weighted by atomic mass is 9.93. The molecule has 1 fully saturated rings. The van der Waals surface area contributed by atoms with Gasteiger partial charge in [0.25, 0.3) is 0 Å². The fraction of sp³-hybridized carbons (Fsp3) is 0.476. The minimum Gasteiger partial charge on any atom is -0.393 e. The molecule has 2 aliphatic rings. The van der Waals surface area contributed by atoms with Crippen molar-refractivity contribution in [2.75, 3.05) is 13.1 Å². The molecule has 26 heavy (non-hydrogen) atoms. The molecule has 2 aromatic rings. The van der Waals surface area contributed by atoms with Crippen LogP contribution < -0.4 is 5.32 Å². The van der Waals surface area contributed by atoms with Crippen molar-refractivity contribution in [2.45, 2.75) is 50.3 Å². The van der Waals surface area contributed by atoms with Gasteiger partial charge in [-0.15, -0.1) is 11.3 Å². The number of amides is 1. The number of benzene rings is 1. The van der Waals surface area contributed by atoms with Crippen LogP contribution in [0.1, 0.15) is 53.8 Å². The maximum absolute atomic E-state index is 13.3. The number of hydrogen-bond donors (Lipinski definition) is 2.